The van der Waals surface area contributed by atoms with E-state index in [1.54, 1.807) is 7.11 Å². The van der Waals surface area contributed by atoms with Crippen LogP contribution in [-0.4, -0.2) is 55.8 Å². The SMILES string of the molecule is CCNC(=NCc1ccc(OC)c(OCC)c1)NC1CC(C)N(C2CC2)C1. The first-order valence-electron chi connectivity index (χ1n) is 10.2. The van der Waals surface area contributed by atoms with Crippen LogP contribution in [-0.2, 0) is 6.54 Å². The number of hydrogen-bond acceptors (Lipinski definition) is 4. The molecule has 0 aromatic heterocycles. The molecule has 0 spiro atoms. The van der Waals surface area contributed by atoms with Crippen LogP contribution in [0.4, 0.5) is 0 Å². The average molecular weight is 375 g/mol. The average Bonchev–Trinajstić information content (AvgIpc) is 3.43. The summed E-state index contributed by atoms with van der Waals surface area (Å²) in [5.41, 5.74) is 1.11. The van der Waals surface area contributed by atoms with Crippen LogP contribution in [0, 0.1) is 0 Å². The van der Waals surface area contributed by atoms with E-state index in [-0.39, 0.29) is 0 Å². The van der Waals surface area contributed by atoms with Gasteiger partial charge in [0.05, 0.1) is 20.3 Å². The van der Waals surface area contributed by atoms with Crippen molar-refractivity contribution in [1.29, 1.82) is 0 Å². The van der Waals surface area contributed by atoms with E-state index in [2.05, 4.69) is 29.4 Å². The molecular formula is C21H34N4O2. The van der Waals surface area contributed by atoms with Gasteiger partial charge in [0, 0.05) is 31.2 Å². The number of ether oxygens (including phenoxy) is 2. The summed E-state index contributed by atoms with van der Waals surface area (Å²) in [5, 5.41) is 7.01. The van der Waals surface area contributed by atoms with Crippen LogP contribution in [0.5, 0.6) is 11.5 Å². The molecule has 1 saturated heterocycles. The minimum absolute atomic E-state index is 0.466. The number of rotatable bonds is 8. The lowest BCUT2D eigenvalue weighted by molar-refractivity contribution is 0.256. The van der Waals surface area contributed by atoms with Gasteiger partial charge >= 0.3 is 0 Å². The van der Waals surface area contributed by atoms with Crippen molar-refractivity contribution in [2.45, 2.75) is 64.7 Å². The van der Waals surface area contributed by atoms with Crippen molar-refractivity contribution in [3.05, 3.63) is 23.8 Å². The standard InChI is InChI=1S/C21H34N4O2/c1-5-22-21(24-17-11-15(3)25(14-17)18-8-9-18)23-13-16-7-10-19(26-4)20(12-16)27-6-2/h7,10,12,15,17-18H,5-6,8-9,11,13-14H2,1-4H3,(H2,22,23,24). The third-order valence-corrected chi connectivity index (χ3v) is 5.27. The highest BCUT2D eigenvalue weighted by molar-refractivity contribution is 5.80. The van der Waals surface area contributed by atoms with E-state index in [1.165, 1.54) is 19.3 Å². The molecular weight excluding hydrogens is 340 g/mol. The van der Waals surface area contributed by atoms with Crippen LogP contribution in [0.15, 0.2) is 23.2 Å². The number of guanidine groups is 1. The Morgan fingerprint density at radius 3 is 2.74 bits per heavy atom. The van der Waals surface area contributed by atoms with Crippen LogP contribution in [0.2, 0.25) is 0 Å². The van der Waals surface area contributed by atoms with Gasteiger partial charge in [-0.2, -0.15) is 0 Å². The number of aliphatic imine (C=N–C) groups is 1. The van der Waals surface area contributed by atoms with E-state index >= 15 is 0 Å². The lowest BCUT2D eigenvalue weighted by atomic mass is 10.2. The quantitative estimate of drug-likeness (QED) is 0.541. The maximum absolute atomic E-state index is 5.67. The molecule has 1 heterocycles. The zero-order valence-electron chi connectivity index (χ0n) is 17.1. The van der Waals surface area contributed by atoms with Crippen LogP contribution in [0.1, 0.15) is 45.6 Å². The number of nitrogens with zero attached hydrogens (tertiary/aromatic N) is 2. The second kappa shape index (κ2) is 9.31. The van der Waals surface area contributed by atoms with Crippen LogP contribution < -0.4 is 20.1 Å². The first-order chi connectivity index (χ1) is 13.1. The molecule has 6 heteroatoms. The van der Waals surface area contributed by atoms with Gasteiger partial charge in [0.25, 0.3) is 0 Å². The zero-order chi connectivity index (χ0) is 19.2. The molecule has 2 atom stereocenters. The predicted octanol–water partition coefficient (Wildman–Crippen LogP) is 2.77. The van der Waals surface area contributed by atoms with Gasteiger partial charge in [-0.05, 0) is 57.7 Å². The van der Waals surface area contributed by atoms with E-state index in [1.807, 2.05) is 25.1 Å². The minimum Gasteiger partial charge on any atom is -0.493 e. The molecule has 1 aromatic carbocycles. The number of likely N-dealkylation sites (tertiary alicyclic amines) is 1. The highest BCUT2D eigenvalue weighted by Gasteiger charge is 2.38. The lowest BCUT2D eigenvalue weighted by Gasteiger charge is -2.20. The van der Waals surface area contributed by atoms with Gasteiger partial charge in [0.1, 0.15) is 0 Å². The molecule has 150 valence electrons. The normalized spacial score (nSPS) is 23.3. The molecule has 2 aliphatic rings. The topological polar surface area (TPSA) is 58.1 Å². The largest absolute Gasteiger partial charge is 0.493 e. The second-order valence-electron chi connectivity index (χ2n) is 7.47. The van der Waals surface area contributed by atoms with E-state index in [4.69, 9.17) is 14.5 Å². The molecule has 1 aromatic rings. The van der Waals surface area contributed by atoms with Crippen molar-refractivity contribution in [2.24, 2.45) is 4.99 Å². The molecule has 3 rings (SSSR count). The molecule has 0 amide bonds. The summed E-state index contributed by atoms with van der Waals surface area (Å²) < 4.78 is 11.0. The molecule has 27 heavy (non-hydrogen) atoms. The molecule has 2 unspecified atom stereocenters. The Labute approximate surface area is 163 Å². The van der Waals surface area contributed by atoms with Gasteiger partial charge in [-0.25, -0.2) is 4.99 Å². The zero-order valence-corrected chi connectivity index (χ0v) is 17.1. The molecule has 2 fully saturated rings. The van der Waals surface area contributed by atoms with Crippen LogP contribution >= 0.6 is 0 Å². The van der Waals surface area contributed by atoms with Crippen molar-refractivity contribution >= 4 is 5.96 Å². The van der Waals surface area contributed by atoms with E-state index in [9.17, 15) is 0 Å². The number of benzene rings is 1. The van der Waals surface area contributed by atoms with Gasteiger partial charge < -0.3 is 20.1 Å². The van der Waals surface area contributed by atoms with E-state index in [0.29, 0.717) is 25.2 Å². The number of methoxy groups -OCH3 is 1. The van der Waals surface area contributed by atoms with Gasteiger partial charge in [-0.15, -0.1) is 0 Å². The van der Waals surface area contributed by atoms with Gasteiger partial charge in [-0.1, -0.05) is 6.07 Å². The summed E-state index contributed by atoms with van der Waals surface area (Å²) in [4.78, 5) is 7.45. The Balaban J connectivity index is 1.62. The maximum Gasteiger partial charge on any atom is 0.191 e. The molecule has 1 aliphatic heterocycles. The summed E-state index contributed by atoms with van der Waals surface area (Å²) in [5.74, 6) is 2.42. The Morgan fingerprint density at radius 1 is 1.26 bits per heavy atom. The number of hydrogen-bond donors (Lipinski definition) is 2. The fraction of sp³-hybridized carbons (Fsp3) is 0.667. The molecule has 1 aliphatic carbocycles. The van der Waals surface area contributed by atoms with E-state index < -0.39 is 0 Å². The Kier molecular flexibility index (Phi) is 6.83. The highest BCUT2D eigenvalue weighted by Crippen LogP contribution is 2.33. The van der Waals surface area contributed by atoms with Gasteiger partial charge in [0.15, 0.2) is 17.5 Å². The third kappa shape index (κ3) is 5.28. The highest BCUT2D eigenvalue weighted by atomic mass is 16.5. The molecule has 2 N–H and O–H groups in total. The van der Waals surface area contributed by atoms with Crippen LogP contribution in [0.3, 0.4) is 0 Å². The summed E-state index contributed by atoms with van der Waals surface area (Å²) in [6.45, 7) is 9.62. The molecule has 0 bridgehead atoms. The Hall–Kier alpha value is -1.95. The van der Waals surface area contributed by atoms with Crippen molar-refractivity contribution in [2.75, 3.05) is 26.8 Å². The summed E-state index contributed by atoms with van der Waals surface area (Å²) in [7, 11) is 1.66. The predicted molar refractivity (Wildman–Crippen MR) is 110 cm³/mol. The first-order valence-corrected chi connectivity index (χ1v) is 10.2. The van der Waals surface area contributed by atoms with Crippen molar-refractivity contribution in [3.63, 3.8) is 0 Å². The summed E-state index contributed by atoms with van der Waals surface area (Å²) >= 11 is 0. The minimum atomic E-state index is 0.466. The van der Waals surface area contributed by atoms with Crippen molar-refractivity contribution < 1.29 is 9.47 Å². The molecule has 0 radical (unpaired) electrons. The second-order valence-corrected chi connectivity index (χ2v) is 7.47. The van der Waals surface area contributed by atoms with Gasteiger partial charge in [0.2, 0.25) is 0 Å². The molecule has 1 saturated carbocycles. The number of nitrogens with one attached hydrogen (secondary N) is 2. The van der Waals surface area contributed by atoms with Gasteiger partial charge in [-0.3, -0.25) is 4.90 Å². The fourth-order valence-corrected chi connectivity index (χ4v) is 3.85. The van der Waals surface area contributed by atoms with E-state index in [0.717, 1.165) is 42.2 Å². The maximum atomic E-state index is 5.67. The summed E-state index contributed by atoms with van der Waals surface area (Å²) in [6, 6.07) is 7.95. The molecule has 6 nitrogen and oxygen atoms in total. The smallest absolute Gasteiger partial charge is 0.191 e. The van der Waals surface area contributed by atoms with Crippen molar-refractivity contribution in [3.8, 4) is 11.5 Å². The van der Waals surface area contributed by atoms with Crippen molar-refractivity contribution in [1.82, 2.24) is 15.5 Å². The third-order valence-electron chi connectivity index (χ3n) is 5.27. The monoisotopic (exact) mass is 374 g/mol. The Morgan fingerprint density at radius 2 is 2.07 bits per heavy atom. The fourth-order valence-electron chi connectivity index (χ4n) is 3.85. The van der Waals surface area contributed by atoms with Crippen LogP contribution in [0.25, 0.3) is 0 Å². The summed E-state index contributed by atoms with van der Waals surface area (Å²) in [6.07, 6.45) is 3.91. The lowest BCUT2D eigenvalue weighted by Crippen LogP contribution is -2.44. The Bertz CT molecular complexity index is 645. The first kappa shape index (κ1) is 19.8.